The normalized spacial score (nSPS) is 14.2. The van der Waals surface area contributed by atoms with E-state index in [0.717, 1.165) is 34.1 Å². The zero-order chi connectivity index (χ0) is 42.4. The SMILES string of the molecule is c1ccc(C2c3ccccc3-c3ccc(N(c4ccccc4)c4ccc(-c5ccc(N(c6ccccc6)c6ccc7c(c6)C(c6ccccc6)c6ccccc6-7)cc5)cc4)cc32)cc1. The molecule has 12 rings (SSSR count). The van der Waals surface area contributed by atoms with Crippen LogP contribution >= 0.6 is 0 Å². The van der Waals surface area contributed by atoms with Crippen molar-refractivity contribution >= 4 is 34.1 Å². The zero-order valence-corrected chi connectivity index (χ0v) is 35.3. The van der Waals surface area contributed by atoms with Gasteiger partial charge in [-0.15, -0.1) is 0 Å². The molecule has 0 saturated heterocycles. The lowest BCUT2D eigenvalue weighted by Gasteiger charge is -2.27. The molecule has 2 aliphatic rings. The monoisotopic (exact) mass is 816 g/mol. The van der Waals surface area contributed by atoms with E-state index in [4.69, 9.17) is 0 Å². The van der Waals surface area contributed by atoms with Gasteiger partial charge in [-0.25, -0.2) is 0 Å². The Morgan fingerprint density at radius 3 is 0.906 bits per heavy atom. The Bertz CT molecular complexity index is 3030. The average Bonchev–Trinajstić information content (AvgIpc) is 3.88. The van der Waals surface area contributed by atoms with Crippen molar-refractivity contribution in [2.45, 2.75) is 11.8 Å². The standard InChI is InChI=1S/C62H44N2/c1-5-17-45(18-6-1)61-57-27-15-13-25-53(57)55-39-37-51(41-59(55)61)63(47-21-9-3-10-22-47)49-33-29-43(30-34-49)44-31-35-50(36-32-44)64(48-23-11-4-12-24-48)52-38-40-56-54-26-14-16-28-58(54)62(60(56)42-52)46-19-7-2-8-20-46/h1-42,61-62H. The molecule has 64 heavy (non-hydrogen) atoms. The maximum atomic E-state index is 2.41. The molecule has 0 saturated carbocycles. The van der Waals surface area contributed by atoms with Crippen molar-refractivity contribution in [2.75, 3.05) is 9.80 Å². The van der Waals surface area contributed by atoms with Crippen LogP contribution in [0.1, 0.15) is 45.2 Å². The van der Waals surface area contributed by atoms with Crippen molar-refractivity contribution in [2.24, 2.45) is 0 Å². The topological polar surface area (TPSA) is 6.48 Å². The molecule has 0 aromatic heterocycles. The van der Waals surface area contributed by atoms with Crippen LogP contribution in [0.3, 0.4) is 0 Å². The van der Waals surface area contributed by atoms with E-state index in [2.05, 4.69) is 265 Å². The van der Waals surface area contributed by atoms with Gasteiger partial charge >= 0.3 is 0 Å². The highest BCUT2D eigenvalue weighted by molar-refractivity contribution is 5.88. The molecule has 0 spiro atoms. The number of hydrogen-bond donors (Lipinski definition) is 0. The van der Waals surface area contributed by atoms with Crippen molar-refractivity contribution in [1.29, 1.82) is 0 Å². The summed E-state index contributed by atoms with van der Waals surface area (Å²) < 4.78 is 0. The second-order valence-electron chi connectivity index (χ2n) is 16.8. The first-order valence-corrected chi connectivity index (χ1v) is 22.2. The highest BCUT2D eigenvalue weighted by atomic mass is 15.1. The summed E-state index contributed by atoms with van der Waals surface area (Å²) in [7, 11) is 0. The van der Waals surface area contributed by atoms with Gasteiger partial charge in [-0.3, -0.25) is 0 Å². The van der Waals surface area contributed by atoms with Crippen LogP contribution in [-0.4, -0.2) is 0 Å². The number of nitrogens with zero attached hydrogens (tertiary/aromatic N) is 2. The predicted molar refractivity (Wildman–Crippen MR) is 267 cm³/mol. The molecule has 2 aliphatic carbocycles. The van der Waals surface area contributed by atoms with E-state index in [1.807, 2.05) is 0 Å². The van der Waals surface area contributed by atoms with E-state index in [1.54, 1.807) is 0 Å². The lowest BCUT2D eigenvalue weighted by molar-refractivity contribution is 1.01. The van der Waals surface area contributed by atoms with E-state index >= 15 is 0 Å². The number of anilines is 6. The van der Waals surface area contributed by atoms with Crippen molar-refractivity contribution in [3.05, 3.63) is 288 Å². The van der Waals surface area contributed by atoms with E-state index in [1.165, 1.54) is 66.8 Å². The second kappa shape index (κ2) is 15.9. The Morgan fingerprint density at radius 2 is 0.516 bits per heavy atom. The second-order valence-corrected chi connectivity index (χ2v) is 16.8. The molecule has 0 amide bonds. The van der Waals surface area contributed by atoms with Crippen LogP contribution in [0.4, 0.5) is 34.1 Å². The van der Waals surface area contributed by atoms with Crippen molar-refractivity contribution < 1.29 is 0 Å². The van der Waals surface area contributed by atoms with Crippen LogP contribution in [0.5, 0.6) is 0 Å². The van der Waals surface area contributed by atoms with Gasteiger partial charge in [-0.2, -0.15) is 0 Å². The molecule has 2 atom stereocenters. The lowest BCUT2D eigenvalue weighted by atomic mass is 9.89. The largest absolute Gasteiger partial charge is 0.310 e. The third-order valence-corrected chi connectivity index (χ3v) is 13.2. The molecule has 0 radical (unpaired) electrons. The number of fused-ring (bicyclic) bond motifs is 6. The quantitative estimate of drug-likeness (QED) is 0.143. The summed E-state index contributed by atoms with van der Waals surface area (Å²) in [6.07, 6.45) is 0. The fourth-order valence-electron chi connectivity index (χ4n) is 10.3. The molecule has 0 bridgehead atoms. The van der Waals surface area contributed by atoms with E-state index in [0.29, 0.717) is 0 Å². The summed E-state index contributed by atoms with van der Waals surface area (Å²) in [5.74, 6) is 0.360. The summed E-state index contributed by atoms with van der Waals surface area (Å²) in [4.78, 5) is 4.76. The molecule has 2 nitrogen and oxygen atoms in total. The Balaban J connectivity index is 0.884. The van der Waals surface area contributed by atoms with Crippen LogP contribution < -0.4 is 9.80 Å². The molecule has 0 fully saturated rings. The van der Waals surface area contributed by atoms with Crippen molar-refractivity contribution in [3.8, 4) is 33.4 Å². The van der Waals surface area contributed by atoms with Gasteiger partial charge in [-0.1, -0.05) is 182 Å². The van der Waals surface area contributed by atoms with Crippen LogP contribution in [0.15, 0.2) is 255 Å². The summed E-state index contributed by atoms with van der Waals surface area (Å²) in [6.45, 7) is 0. The fourth-order valence-corrected chi connectivity index (χ4v) is 10.3. The van der Waals surface area contributed by atoms with Gasteiger partial charge in [0.1, 0.15) is 0 Å². The first-order valence-electron chi connectivity index (χ1n) is 22.2. The Morgan fingerprint density at radius 1 is 0.219 bits per heavy atom. The van der Waals surface area contributed by atoms with Gasteiger partial charge in [0, 0.05) is 46.0 Å². The van der Waals surface area contributed by atoms with E-state index in [9.17, 15) is 0 Å². The van der Waals surface area contributed by atoms with Crippen molar-refractivity contribution in [3.63, 3.8) is 0 Å². The van der Waals surface area contributed by atoms with Gasteiger partial charge in [0.2, 0.25) is 0 Å². The lowest BCUT2D eigenvalue weighted by Crippen LogP contribution is -2.11. The van der Waals surface area contributed by atoms with Crippen molar-refractivity contribution in [1.82, 2.24) is 0 Å². The third kappa shape index (κ3) is 6.51. The molecule has 0 aliphatic heterocycles. The van der Waals surface area contributed by atoms with Gasteiger partial charge in [0.15, 0.2) is 0 Å². The summed E-state index contributed by atoms with van der Waals surface area (Å²) in [5, 5.41) is 0. The minimum absolute atomic E-state index is 0.180. The first-order chi connectivity index (χ1) is 31.8. The molecule has 302 valence electrons. The smallest absolute Gasteiger partial charge is 0.0465 e. The summed E-state index contributed by atoms with van der Waals surface area (Å²) in [5.41, 5.74) is 22.4. The molecule has 0 heterocycles. The van der Waals surface area contributed by atoms with Crippen LogP contribution in [-0.2, 0) is 0 Å². The molecule has 2 heteroatoms. The number of rotatable bonds is 9. The van der Waals surface area contributed by atoms with Crippen LogP contribution in [0, 0.1) is 0 Å². The van der Waals surface area contributed by atoms with Gasteiger partial charge in [0.05, 0.1) is 0 Å². The highest BCUT2D eigenvalue weighted by Crippen LogP contribution is 2.52. The Labute approximate surface area is 375 Å². The van der Waals surface area contributed by atoms with Gasteiger partial charge < -0.3 is 9.80 Å². The minimum atomic E-state index is 0.180. The molecule has 10 aromatic carbocycles. The Kier molecular flexibility index (Phi) is 9.34. The number of benzene rings is 10. The molecular weight excluding hydrogens is 773 g/mol. The highest BCUT2D eigenvalue weighted by Gasteiger charge is 2.32. The average molecular weight is 817 g/mol. The number of hydrogen-bond acceptors (Lipinski definition) is 2. The molecule has 10 aromatic rings. The molecule has 0 N–H and O–H groups in total. The van der Waals surface area contributed by atoms with Gasteiger partial charge in [-0.05, 0) is 140 Å². The Hall–Kier alpha value is -8.20. The summed E-state index contributed by atoms with van der Waals surface area (Å²) >= 11 is 0. The van der Waals surface area contributed by atoms with E-state index in [-0.39, 0.29) is 11.8 Å². The predicted octanol–water partition coefficient (Wildman–Crippen LogP) is 16.6. The zero-order valence-electron chi connectivity index (χ0n) is 35.3. The van der Waals surface area contributed by atoms with Crippen LogP contribution in [0.25, 0.3) is 33.4 Å². The van der Waals surface area contributed by atoms with Gasteiger partial charge in [0.25, 0.3) is 0 Å². The van der Waals surface area contributed by atoms with E-state index < -0.39 is 0 Å². The molecule has 2 unspecified atom stereocenters. The summed E-state index contributed by atoms with van der Waals surface area (Å²) in [6, 6.07) is 93.1. The number of para-hydroxylation sites is 2. The fraction of sp³-hybridized carbons (Fsp3) is 0.0323. The van der Waals surface area contributed by atoms with Crippen LogP contribution in [0.2, 0.25) is 0 Å². The molecular formula is C62H44N2. The third-order valence-electron chi connectivity index (χ3n) is 13.2. The maximum absolute atomic E-state index is 2.41. The minimum Gasteiger partial charge on any atom is -0.310 e. The maximum Gasteiger partial charge on any atom is 0.0465 e. The first kappa shape index (κ1) is 37.6.